The van der Waals surface area contributed by atoms with Crippen LogP contribution in [0.5, 0.6) is 0 Å². The van der Waals surface area contributed by atoms with Gasteiger partial charge in [-0.1, -0.05) is 0 Å². The summed E-state index contributed by atoms with van der Waals surface area (Å²) in [7, 11) is 0. The normalized spacial score (nSPS) is 21.0. The maximum Gasteiger partial charge on any atom is 0.0806 e. The first-order chi connectivity index (χ1) is 6.27. The van der Waals surface area contributed by atoms with Crippen LogP contribution >= 0.6 is 11.8 Å². The lowest BCUT2D eigenvalue weighted by Crippen LogP contribution is -2.20. The first kappa shape index (κ1) is 8.51. The van der Waals surface area contributed by atoms with E-state index in [0.29, 0.717) is 5.37 Å². The minimum Gasteiger partial charge on any atom is -0.399 e. The largest absolute Gasteiger partial charge is 0.399 e. The summed E-state index contributed by atoms with van der Waals surface area (Å²) >= 11 is 1.82. The number of rotatable bonds is 1. The fourth-order valence-corrected chi connectivity index (χ4v) is 2.10. The lowest BCUT2D eigenvalue weighted by atomic mass is 10.2. The zero-order chi connectivity index (χ0) is 9.26. The molecule has 1 aromatic carbocycles. The van der Waals surface area contributed by atoms with Gasteiger partial charge in [-0.3, -0.25) is 0 Å². The highest BCUT2D eigenvalue weighted by Gasteiger charge is 2.15. The van der Waals surface area contributed by atoms with Crippen LogP contribution in [0.1, 0.15) is 6.92 Å². The molecule has 1 unspecified atom stereocenters. The van der Waals surface area contributed by atoms with Gasteiger partial charge < -0.3 is 10.6 Å². The number of benzene rings is 1. The molecule has 1 aliphatic rings. The van der Waals surface area contributed by atoms with E-state index in [1.807, 2.05) is 36.0 Å². The summed E-state index contributed by atoms with van der Waals surface area (Å²) in [6, 6.07) is 7.95. The third kappa shape index (κ3) is 1.65. The Balaban J connectivity index is 2.25. The van der Waals surface area contributed by atoms with E-state index < -0.39 is 0 Å². The van der Waals surface area contributed by atoms with Crippen LogP contribution in [-0.2, 0) is 0 Å². The Bertz CT molecular complexity index is 318. The van der Waals surface area contributed by atoms with Crippen molar-refractivity contribution < 1.29 is 0 Å². The average molecular weight is 192 g/mol. The quantitative estimate of drug-likeness (QED) is 0.694. The smallest absolute Gasteiger partial charge is 0.0806 e. The maximum atomic E-state index is 5.62. The number of nitrogens with two attached hydrogens (primary N) is 1. The van der Waals surface area contributed by atoms with E-state index in [1.165, 1.54) is 5.69 Å². The molecule has 1 aliphatic heterocycles. The van der Waals surface area contributed by atoms with Crippen LogP contribution in [0.15, 0.2) is 35.9 Å². The molecule has 2 nitrogen and oxygen atoms in total. The van der Waals surface area contributed by atoms with Gasteiger partial charge in [-0.05, 0) is 36.6 Å². The summed E-state index contributed by atoms with van der Waals surface area (Å²) in [5.41, 5.74) is 7.63. The van der Waals surface area contributed by atoms with Crippen molar-refractivity contribution >= 4 is 23.1 Å². The fraction of sp³-hybridized carbons (Fsp3) is 0.200. The van der Waals surface area contributed by atoms with Gasteiger partial charge in [-0.15, -0.1) is 11.8 Å². The van der Waals surface area contributed by atoms with Gasteiger partial charge in [-0.25, -0.2) is 0 Å². The Kier molecular flexibility index (Phi) is 2.19. The molecule has 0 fully saturated rings. The molecule has 2 N–H and O–H groups in total. The summed E-state index contributed by atoms with van der Waals surface area (Å²) in [6.07, 6.45) is 2.10. The third-order valence-corrected chi connectivity index (χ3v) is 2.98. The highest BCUT2D eigenvalue weighted by atomic mass is 32.2. The van der Waals surface area contributed by atoms with Gasteiger partial charge in [0, 0.05) is 17.6 Å². The molecule has 1 aromatic rings. The SMILES string of the molecule is CC1SC=CN1c1ccc(N)cc1. The van der Waals surface area contributed by atoms with Gasteiger partial charge in [0.25, 0.3) is 0 Å². The topological polar surface area (TPSA) is 29.3 Å². The highest BCUT2D eigenvalue weighted by Crippen LogP contribution is 2.30. The number of hydrogen-bond donors (Lipinski definition) is 1. The van der Waals surface area contributed by atoms with Crippen molar-refractivity contribution in [2.45, 2.75) is 12.3 Å². The van der Waals surface area contributed by atoms with Crippen LogP contribution < -0.4 is 10.6 Å². The van der Waals surface area contributed by atoms with Crippen molar-refractivity contribution in [1.82, 2.24) is 0 Å². The molecule has 0 aromatic heterocycles. The molecule has 0 saturated heterocycles. The third-order valence-electron chi connectivity index (χ3n) is 2.08. The summed E-state index contributed by atoms with van der Waals surface area (Å²) in [6.45, 7) is 2.18. The summed E-state index contributed by atoms with van der Waals surface area (Å²) in [5, 5.41) is 2.60. The summed E-state index contributed by atoms with van der Waals surface area (Å²) in [4.78, 5) is 2.23. The molecule has 0 saturated carbocycles. The van der Waals surface area contributed by atoms with Gasteiger partial charge in [0.15, 0.2) is 0 Å². The predicted octanol–water partition coefficient (Wildman–Crippen LogP) is 2.64. The summed E-state index contributed by atoms with van der Waals surface area (Å²) < 4.78 is 0. The molecule has 0 amide bonds. The predicted molar refractivity (Wildman–Crippen MR) is 59.5 cm³/mol. The molecule has 0 aliphatic carbocycles. The second-order valence-corrected chi connectivity index (χ2v) is 4.25. The molecular formula is C10H12N2S. The minimum absolute atomic E-state index is 0.489. The Labute approximate surface area is 82.4 Å². The van der Waals surface area contributed by atoms with Gasteiger partial charge in [-0.2, -0.15) is 0 Å². The summed E-state index contributed by atoms with van der Waals surface area (Å²) in [5.74, 6) is 0. The van der Waals surface area contributed by atoms with Crippen molar-refractivity contribution in [1.29, 1.82) is 0 Å². The monoisotopic (exact) mass is 192 g/mol. The maximum absolute atomic E-state index is 5.62. The first-order valence-electron chi connectivity index (χ1n) is 4.23. The van der Waals surface area contributed by atoms with Crippen LogP contribution in [-0.4, -0.2) is 5.37 Å². The molecule has 2 rings (SSSR count). The van der Waals surface area contributed by atoms with Crippen LogP contribution in [0.3, 0.4) is 0 Å². The molecule has 1 atom stereocenters. The Morgan fingerprint density at radius 1 is 1.31 bits per heavy atom. The van der Waals surface area contributed by atoms with Gasteiger partial charge in [0.1, 0.15) is 0 Å². The zero-order valence-electron chi connectivity index (χ0n) is 7.47. The molecule has 3 heteroatoms. The van der Waals surface area contributed by atoms with E-state index in [4.69, 9.17) is 5.73 Å². The van der Waals surface area contributed by atoms with Crippen molar-refractivity contribution in [2.75, 3.05) is 10.6 Å². The zero-order valence-corrected chi connectivity index (χ0v) is 8.29. The van der Waals surface area contributed by atoms with Crippen molar-refractivity contribution in [3.05, 3.63) is 35.9 Å². The van der Waals surface area contributed by atoms with E-state index >= 15 is 0 Å². The van der Waals surface area contributed by atoms with Gasteiger partial charge in [0.2, 0.25) is 0 Å². The van der Waals surface area contributed by atoms with Gasteiger partial charge >= 0.3 is 0 Å². The Hall–Kier alpha value is -1.09. The van der Waals surface area contributed by atoms with Crippen LogP contribution in [0.4, 0.5) is 11.4 Å². The second kappa shape index (κ2) is 3.34. The Morgan fingerprint density at radius 3 is 2.54 bits per heavy atom. The second-order valence-electron chi connectivity index (χ2n) is 3.02. The van der Waals surface area contributed by atoms with E-state index in [9.17, 15) is 0 Å². The standard InChI is InChI=1S/C10H12N2S/c1-8-12(6-7-13-8)10-4-2-9(11)3-5-10/h2-8H,11H2,1H3. The fourth-order valence-electron chi connectivity index (χ4n) is 1.34. The number of anilines is 2. The number of nitrogens with zero attached hydrogens (tertiary/aromatic N) is 1. The van der Waals surface area contributed by atoms with E-state index in [2.05, 4.69) is 23.4 Å². The van der Waals surface area contributed by atoms with Crippen molar-refractivity contribution in [3.8, 4) is 0 Å². The first-order valence-corrected chi connectivity index (χ1v) is 5.17. The Morgan fingerprint density at radius 2 is 2.00 bits per heavy atom. The molecule has 0 spiro atoms. The van der Waals surface area contributed by atoms with E-state index in [1.54, 1.807) is 0 Å². The minimum atomic E-state index is 0.489. The van der Waals surface area contributed by atoms with E-state index in [0.717, 1.165) is 5.69 Å². The van der Waals surface area contributed by atoms with Crippen molar-refractivity contribution in [3.63, 3.8) is 0 Å². The van der Waals surface area contributed by atoms with Crippen LogP contribution in [0.2, 0.25) is 0 Å². The highest BCUT2D eigenvalue weighted by molar-refractivity contribution is 8.03. The molecule has 0 bridgehead atoms. The molecule has 0 radical (unpaired) electrons. The molecule has 1 heterocycles. The molecule has 68 valence electrons. The van der Waals surface area contributed by atoms with Gasteiger partial charge in [0.05, 0.1) is 5.37 Å². The van der Waals surface area contributed by atoms with E-state index in [-0.39, 0.29) is 0 Å². The average Bonchev–Trinajstić information content (AvgIpc) is 2.53. The lowest BCUT2D eigenvalue weighted by molar-refractivity contribution is 0.969. The van der Waals surface area contributed by atoms with Crippen LogP contribution in [0, 0.1) is 0 Å². The number of hydrogen-bond acceptors (Lipinski definition) is 3. The number of nitrogen functional groups attached to an aromatic ring is 1. The van der Waals surface area contributed by atoms with Crippen molar-refractivity contribution in [2.24, 2.45) is 0 Å². The lowest BCUT2D eigenvalue weighted by Gasteiger charge is -2.21. The number of thioether (sulfide) groups is 1. The molecular weight excluding hydrogens is 180 g/mol. The molecule has 13 heavy (non-hydrogen) atoms. The van der Waals surface area contributed by atoms with Crippen LogP contribution in [0.25, 0.3) is 0 Å².